The molecule has 1 heterocycles. The van der Waals surface area contributed by atoms with Gasteiger partial charge in [-0.15, -0.1) is 0 Å². The number of methoxy groups -OCH3 is 1. The number of sulfonamides is 1. The predicted molar refractivity (Wildman–Crippen MR) is 73.1 cm³/mol. The standard InChI is InChI=1S/C12H22N2O5S/c1-9-5-6-10(12(13)16)8-14(9)20(17,18)7-3-4-11(15)19-2/h9-10H,3-8H2,1-2H3,(H2,13,16). The number of carbonyl (C=O) groups excluding carboxylic acids is 2. The van der Waals surface area contributed by atoms with E-state index in [1.807, 2.05) is 6.92 Å². The first kappa shape index (κ1) is 16.9. The molecule has 8 heteroatoms. The normalized spacial score (nSPS) is 24.3. The zero-order valence-electron chi connectivity index (χ0n) is 11.9. The molecule has 0 spiro atoms. The molecule has 2 N–H and O–H groups in total. The van der Waals surface area contributed by atoms with E-state index in [4.69, 9.17) is 5.73 Å². The largest absolute Gasteiger partial charge is 0.469 e. The van der Waals surface area contributed by atoms with Crippen LogP contribution in [0, 0.1) is 5.92 Å². The van der Waals surface area contributed by atoms with Gasteiger partial charge in [0.2, 0.25) is 15.9 Å². The average molecular weight is 306 g/mol. The van der Waals surface area contributed by atoms with Gasteiger partial charge >= 0.3 is 5.97 Å². The fraction of sp³-hybridized carbons (Fsp3) is 0.833. The Kier molecular flexibility index (Phi) is 5.94. The molecule has 1 saturated heterocycles. The highest BCUT2D eigenvalue weighted by atomic mass is 32.2. The molecule has 116 valence electrons. The molecule has 20 heavy (non-hydrogen) atoms. The number of nitrogens with zero attached hydrogens (tertiary/aromatic N) is 1. The number of esters is 1. The van der Waals surface area contributed by atoms with Gasteiger partial charge in [-0.25, -0.2) is 8.42 Å². The quantitative estimate of drug-likeness (QED) is 0.687. The van der Waals surface area contributed by atoms with Gasteiger partial charge in [0.1, 0.15) is 0 Å². The van der Waals surface area contributed by atoms with Crippen molar-refractivity contribution in [1.29, 1.82) is 0 Å². The van der Waals surface area contributed by atoms with Crippen LogP contribution in [0.3, 0.4) is 0 Å². The summed E-state index contributed by atoms with van der Waals surface area (Å²) >= 11 is 0. The van der Waals surface area contributed by atoms with Gasteiger partial charge < -0.3 is 10.5 Å². The Labute approximate surface area is 119 Å². The SMILES string of the molecule is COC(=O)CCCS(=O)(=O)N1CC(C(N)=O)CCC1C. The first-order valence-electron chi connectivity index (χ1n) is 6.63. The van der Waals surface area contributed by atoms with E-state index in [0.29, 0.717) is 12.8 Å². The highest BCUT2D eigenvalue weighted by molar-refractivity contribution is 7.89. The Morgan fingerprint density at radius 3 is 2.55 bits per heavy atom. The summed E-state index contributed by atoms with van der Waals surface area (Å²) in [7, 11) is -2.22. The lowest BCUT2D eigenvalue weighted by molar-refractivity contribution is -0.140. The Hall–Kier alpha value is -1.15. The van der Waals surface area contributed by atoms with Gasteiger partial charge in [-0.2, -0.15) is 4.31 Å². The second-order valence-electron chi connectivity index (χ2n) is 5.09. The number of carbonyl (C=O) groups is 2. The molecule has 0 aliphatic carbocycles. The van der Waals surface area contributed by atoms with Gasteiger partial charge in [0, 0.05) is 19.0 Å². The van der Waals surface area contributed by atoms with Crippen LogP contribution in [-0.4, -0.2) is 50.0 Å². The van der Waals surface area contributed by atoms with Crippen LogP contribution in [-0.2, 0) is 24.3 Å². The van der Waals surface area contributed by atoms with Crippen LogP contribution in [0.4, 0.5) is 0 Å². The van der Waals surface area contributed by atoms with Gasteiger partial charge in [0.15, 0.2) is 0 Å². The first-order chi connectivity index (χ1) is 9.27. The lowest BCUT2D eigenvalue weighted by Gasteiger charge is -2.35. The van der Waals surface area contributed by atoms with E-state index < -0.39 is 27.8 Å². The van der Waals surface area contributed by atoms with Crippen molar-refractivity contribution in [3.63, 3.8) is 0 Å². The summed E-state index contributed by atoms with van der Waals surface area (Å²) in [6.45, 7) is 1.95. The number of piperidine rings is 1. The van der Waals surface area contributed by atoms with Crippen molar-refractivity contribution in [3.8, 4) is 0 Å². The lowest BCUT2D eigenvalue weighted by atomic mass is 9.95. The van der Waals surface area contributed by atoms with Crippen molar-refractivity contribution in [2.24, 2.45) is 11.7 Å². The van der Waals surface area contributed by atoms with Crippen LogP contribution in [0.5, 0.6) is 0 Å². The smallest absolute Gasteiger partial charge is 0.305 e. The van der Waals surface area contributed by atoms with E-state index in [1.54, 1.807) is 0 Å². The lowest BCUT2D eigenvalue weighted by Crippen LogP contribution is -2.49. The minimum absolute atomic E-state index is 0.0667. The monoisotopic (exact) mass is 306 g/mol. The first-order valence-corrected chi connectivity index (χ1v) is 8.24. The number of nitrogens with two attached hydrogens (primary N) is 1. The van der Waals surface area contributed by atoms with Crippen molar-refractivity contribution in [1.82, 2.24) is 4.31 Å². The third-order valence-corrected chi connectivity index (χ3v) is 5.62. The molecule has 1 fully saturated rings. The Bertz CT molecular complexity index is 462. The summed E-state index contributed by atoms with van der Waals surface area (Å²) < 4.78 is 30.3. The van der Waals surface area contributed by atoms with Crippen LogP contribution in [0.1, 0.15) is 32.6 Å². The molecule has 7 nitrogen and oxygen atoms in total. The molecule has 1 aliphatic heterocycles. The summed E-state index contributed by atoms with van der Waals surface area (Å²) in [5.74, 6) is -1.45. The van der Waals surface area contributed by atoms with E-state index in [-0.39, 0.29) is 31.2 Å². The topological polar surface area (TPSA) is 107 Å². The zero-order valence-corrected chi connectivity index (χ0v) is 12.7. The van der Waals surface area contributed by atoms with Gasteiger partial charge in [-0.05, 0) is 26.2 Å². The highest BCUT2D eigenvalue weighted by Crippen LogP contribution is 2.25. The van der Waals surface area contributed by atoms with Gasteiger partial charge in [-0.1, -0.05) is 0 Å². The van der Waals surface area contributed by atoms with Gasteiger partial charge in [0.05, 0.1) is 18.8 Å². The van der Waals surface area contributed by atoms with Crippen LogP contribution in [0.15, 0.2) is 0 Å². The maximum Gasteiger partial charge on any atom is 0.305 e. The highest BCUT2D eigenvalue weighted by Gasteiger charge is 2.35. The van der Waals surface area contributed by atoms with E-state index in [0.717, 1.165) is 0 Å². The molecule has 2 atom stereocenters. The van der Waals surface area contributed by atoms with Crippen molar-refractivity contribution in [2.45, 2.75) is 38.6 Å². The molecular weight excluding hydrogens is 284 g/mol. The minimum atomic E-state index is -3.49. The third kappa shape index (κ3) is 4.45. The van der Waals surface area contributed by atoms with Crippen LogP contribution < -0.4 is 5.73 Å². The molecule has 0 bridgehead atoms. The fourth-order valence-electron chi connectivity index (χ4n) is 2.31. The number of ether oxygens (including phenoxy) is 1. The Morgan fingerprint density at radius 1 is 1.35 bits per heavy atom. The second-order valence-corrected chi connectivity index (χ2v) is 7.13. The van der Waals surface area contributed by atoms with Gasteiger partial charge in [-0.3, -0.25) is 9.59 Å². The summed E-state index contributed by atoms with van der Waals surface area (Å²) in [6, 6.07) is -0.145. The van der Waals surface area contributed by atoms with E-state index in [2.05, 4.69) is 4.74 Å². The van der Waals surface area contributed by atoms with E-state index in [9.17, 15) is 18.0 Å². The predicted octanol–water partition coefficient (Wildman–Crippen LogP) is -0.145. The number of hydrogen-bond donors (Lipinski definition) is 1. The molecule has 0 radical (unpaired) electrons. The van der Waals surface area contributed by atoms with E-state index in [1.165, 1.54) is 11.4 Å². The molecule has 0 aromatic carbocycles. The van der Waals surface area contributed by atoms with Crippen molar-refractivity contribution in [2.75, 3.05) is 19.4 Å². The second kappa shape index (κ2) is 7.03. The molecular formula is C12H22N2O5S. The molecule has 0 aromatic rings. The summed E-state index contributed by atoms with van der Waals surface area (Å²) in [4.78, 5) is 22.2. The molecule has 1 amide bonds. The Balaban J connectivity index is 2.64. The molecule has 0 saturated carbocycles. The van der Waals surface area contributed by atoms with Gasteiger partial charge in [0.25, 0.3) is 0 Å². The van der Waals surface area contributed by atoms with Crippen molar-refractivity contribution in [3.05, 3.63) is 0 Å². The summed E-state index contributed by atoms with van der Waals surface area (Å²) in [5.41, 5.74) is 5.25. The third-order valence-electron chi connectivity index (χ3n) is 3.60. The number of hydrogen-bond acceptors (Lipinski definition) is 5. The van der Waals surface area contributed by atoms with Crippen LogP contribution >= 0.6 is 0 Å². The number of amides is 1. The van der Waals surface area contributed by atoms with Crippen molar-refractivity contribution < 1.29 is 22.7 Å². The molecule has 1 rings (SSSR count). The average Bonchev–Trinajstić information content (AvgIpc) is 2.38. The van der Waals surface area contributed by atoms with E-state index >= 15 is 0 Å². The minimum Gasteiger partial charge on any atom is -0.469 e. The number of primary amides is 1. The van der Waals surface area contributed by atoms with Crippen molar-refractivity contribution >= 4 is 21.9 Å². The van der Waals surface area contributed by atoms with Crippen LogP contribution in [0.2, 0.25) is 0 Å². The Morgan fingerprint density at radius 2 is 2.00 bits per heavy atom. The molecule has 2 unspecified atom stereocenters. The molecule has 0 aromatic heterocycles. The molecule has 1 aliphatic rings. The fourth-order valence-corrected chi connectivity index (χ4v) is 4.12. The summed E-state index contributed by atoms with van der Waals surface area (Å²) in [5, 5.41) is 0. The summed E-state index contributed by atoms with van der Waals surface area (Å²) in [6.07, 6.45) is 1.51. The van der Waals surface area contributed by atoms with Crippen LogP contribution in [0.25, 0.3) is 0 Å². The number of rotatable bonds is 6. The maximum absolute atomic E-state index is 12.3. The maximum atomic E-state index is 12.3. The zero-order chi connectivity index (χ0) is 15.3.